The van der Waals surface area contributed by atoms with Crippen LogP contribution in [0.1, 0.15) is 11.1 Å². The zero-order chi connectivity index (χ0) is 9.97. The van der Waals surface area contributed by atoms with Gasteiger partial charge in [0.2, 0.25) is 0 Å². The second-order valence-corrected chi connectivity index (χ2v) is 4.38. The summed E-state index contributed by atoms with van der Waals surface area (Å²) in [5.41, 5.74) is 0.973. The molecule has 0 spiro atoms. The predicted molar refractivity (Wildman–Crippen MR) is 57.1 cm³/mol. The fraction of sp³-hybridized carbons (Fsp3) is 0. The van der Waals surface area contributed by atoms with Gasteiger partial charge in [0.15, 0.2) is 0 Å². The van der Waals surface area contributed by atoms with E-state index in [-0.39, 0.29) is 0 Å². The Morgan fingerprint density at radius 1 is 1.14 bits per heavy atom. The molecule has 2 rings (SSSR count). The van der Waals surface area contributed by atoms with Crippen molar-refractivity contribution in [1.29, 1.82) is 10.5 Å². The van der Waals surface area contributed by atoms with E-state index in [1.165, 1.54) is 11.3 Å². The van der Waals surface area contributed by atoms with Gasteiger partial charge in [-0.3, -0.25) is 0 Å². The Hall–Kier alpha value is -1.62. The molecule has 2 aromatic heterocycles. The zero-order valence-corrected chi connectivity index (χ0v) is 8.65. The van der Waals surface area contributed by atoms with Gasteiger partial charge in [-0.2, -0.15) is 10.5 Å². The fourth-order valence-electron chi connectivity index (χ4n) is 1.14. The number of hydrogen-bond donors (Lipinski definition) is 0. The largest absolute Gasteiger partial charge is 0.192 e. The van der Waals surface area contributed by atoms with Crippen LogP contribution in [0.25, 0.3) is 9.75 Å². The molecule has 0 saturated heterocycles. The predicted octanol–water partition coefficient (Wildman–Crippen LogP) is 3.22. The summed E-state index contributed by atoms with van der Waals surface area (Å²) in [6.07, 6.45) is 0. The number of nitriles is 2. The van der Waals surface area contributed by atoms with Gasteiger partial charge in [0.1, 0.15) is 12.1 Å². The Labute approximate surface area is 89.3 Å². The molecule has 0 aromatic carbocycles. The molecule has 0 atom stereocenters. The van der Waals surface area contributed by atoms with Gasteiger partial charge in [0, 0.05) is 10.3 Å². The summed E-state index contributed by atoms with van der Waals surface area (Å²) < 4.78 is 0. The molecular formula is C10H4N2S2. The van der Waals surface area contributed by atoms with E-state index in [2.05, 4.69) is 6.07 Å². The van der Waals surface area contributed by atoms with Crippen LogP contribution in [0.2, 0.25) is 0 Å². The van der Waals surface area contributed by atoms with Crippen molar-refractivity contribution in [1.82, 2.24) is 0 Å². The number of rotatable bonds is 1. The lowest BCUT2D eigenvalue weighted by Gasteiger charge is -1.90. The molecule has 2 nitrogen and oxygen atoms in total. The molecule has 0 aliphatic carbocycles. The highest BCUT2D eigenvalue weighted by molar-refractivity contribution is 7.20. The summed E-state index contributed by atoms with van der Waals surface area (Å²) in [6.45, 7) is 0. The molecule has 0 N–H and O–H groups in total. The van der Waals surface area contributed by atoms with E-state index in [4.69, 9.17) is 10.5 Å². The first-order valence-corrected chi connectivity index (χ1v) is 5.58. The van der Waals surface area contributed by atoms with E-state index in [1.54, 1.807) is 16.7 Å². The van der Waals surface area contributed by atoms with Crippen molar-refractivity contribution in [2.75, 3.05) is 0 Å². The number of nitrogens with zero attached hydrogens (tertiary/aromatic N) is 2. The van der Waals surface area contributed by atoms with Crippen LogP contribution in [0, 0.1) is 22.7 Å². The van der Waals surface area contributed by atoms with Crippen molar-refractivity contribution in [2.24, 2.45) is 0 Å². The first-order chi connectivity index (χ1) is 6.86. The van der Waals surface area contributed by atoms with E-state index in [0.29, 0.717) is 11.1 Å². The Balaban J connectivity index is 2.63. The summed E-state index contributed by atoms with van der Waals surface area (Å²) in [7, 11) is 0. The normalized spacial score (nSPS) is 9.29. The monoisotopic (exact) mass is 216 g/mol. The van der Waals surface area contributed by atoms with E-state index >= 15 is 0 Å². The topological polar surface area (TPSA) is 47.6 Å². The summed E-state index contributed by atoms with van der Waals surface area (Å²) in [6, 6.07) is 7.99. The molecule has 0 saturated carbocycles. The minimum absolute atomic E-state index is 0.473. The highest BCUT2D eigenvalue weighted by Crippen LogP contribution is 2.34. The van der Waals surface area contributed by atoms with Crippen LogP contribution < -0.4 is 0 Å². The van der Waals surface area contributed by atoms with Crippen LogP contribution in [0.5, 0.6) is 0 Å². The molecule has 0 aliphatic heterocycles. The molecule has 0 radical (unpaired) electrons. The smallest absolute Gasteiger partial charge is 0.102 e. The summed E-state index contributed by atoms with van der Waals surface area (Å²) in [4.78, 5) is 1.95. The molecule has 0 bridgehead atoms. The average Bonchev–Trinajstić information content (AvgIpc) is 2.85. The van der Waals surface area contributed by atoms with Crippen molar-refractivity contribution in [3.63, 3.8) is 0 Å². The van der Waals surface area contributed by atoms with Gasteiger partial charge in [0.05, 0.1) is 16.0 Å². The minimum Gasteiger partial charge on any atom is -0.192 e. The molecule has 0 amide bonds. The van der Waals surface area contributed by atoms with Crippen molar-refractivity contribution < 1.29 is 0 Å². The van der Waals surface area contributed by atoms with Crippen molar-refractivity contribution in [3.05, 3.63) is 34.0 Å². The second kappa shape index (κ2) is 3.63. The Morgan fingerprint density at radius 2 is 2.00 bits per heavy atom. The number of thiophene rings is 2. The first kappa shape index (κ1) is 8.96. The molecule has 0 unspecified atom stereocenters. The maximum atomic E-state index is 8.93. The van der Waals surface area contributed by atoms with Crippen molar-refractivity contribution >= 4 is 22.7 Å². The van der Waals surface area contributed by atoms with Gasteiger partial charge in [-0.25, -0.2) is 0 Å². The lowest BCUT2D eigenvalue weighted by atomic mass is 10.1. The Morgan fingerprint density at radius 3 is 2.57 bits per heavy atom. The Kier molecular flexibility index (Phi) is 2.32. The van der Waals surface area contributed by atoms with E-state index < -0.39 is 0 Å². The van der Waals surface area contributed by atoms with E-state index in [9.17, 15) is 0 Å². The van der Waals surface area contributed by atoms with Crippen LogP contribution in [0.3, 0.4) is 0 Å². The summed E-state index contributed by atoms with van der Waals surface area (Å²) in [5, 5.41) is 21.4. The molecule has 2 aromatic rings. The third kappa shape index (κ3) is 1.31. The van der Waals surface area contributed by atoms with Crippen LogP contribution in [-0.2, 0) is 0 Å². The van der Waals surface area contributed by atoms with E-state index in [1.807, 2.05) is 23.6 Å². The highest BCUT2D eigenvalue weighted by atomic mass is 32.1. The van der Waals surface area contributed by atoms with Gasteiger partial charge in [-0.05, 0) is 11.4 Å². The second-order valence-electron chi connectivity index (χ2n) is 2.55. The van der Waals surface area contributed by atoms with Gasteiger partial charge < -0.3 is 0 Å². The Bertz CT molecular complexity index is 523. The van der Waals surface area contributed by atoms with Crippen LogP contribution >= 0.6 is 22.7 Å². The van der Waals surface area contributed by atoms with E-state index in [0.717, 1.165) is 9.75 Å². The maximum Gasteiger partial charge on any atom is 0.102 e. The minimum atomic E-state index is 0.473. The van der Waals surface area contributed by atoms with Gasteiger partial charge in [-0.15, -0.1) is 22.7 Å². The molecule has 66 valence electrons. The van der Waals surface area contributed by atoms with Gasteiger partial charge in [-0.1, -0.05) is 6.07 Å². The lowest BCUT2D eigenvalue weighted by molar-refractivity contribution is 1.47. The van der Waals surface area contributed by atoms with Gasteiger partial charge in [0.25, 0.3) is 0 Å². The highest BCUT2D eigenvalue weighted by Gasteiger charge is 2.12. The zero-order valence-electron chi connectivity index (χ0n) is 7.02. The lowest BCUT2D eigenvalue weighted by Crippen LogP contribution is -1.77. The SMILES string of the molecule is N#Cc1csc(-c2cccs2)c1C#N. The van der Waals surface area contributed by atoms with Gasteiger partial charge >= 0.3 is 0 Å². The molecule has 4 heteroatoms. The summed E-state index contributed by atoms with van der Waals surface area (Å²) in [5.74, 6) is 0. The maximum absolute atomic E-state index is 8.93. The molecule has 14 heavy (non-hydrogen) atoms. The molecule has 0 fully saturated rings. The molecule has 0 aliphatic rings. The summed E-state index contributed by atoms with van der Waals surface area (Å²) >= 11 is 3.03. The average molecular weight is 216 g/mol. The van der Waals surface area contributed by atoms with Crippen LogP contribution in [0.4, 0.5) is 0 Å². The third-order valence-corrected chi connectivity index (χ3v) is 3.80. The number of hydrogen-bond acceptors (Lipinski definition) is 4. The van der Waals surface area contributed by atoms with Crippen molar-refractivity contribution in [2.45, 2.75) is 0 Å². The third-order valence-electron chi connectivity index (χ3n) is 1.77. The van der Waals surface area contributed by atoms with Crippen LogP contribution in [0.15, 0.2) is 22.9 Å². The van der Waals surface area contributed by atoms with Crippen molar-refractivity contribution in [3.8, 4) is 21.9 Å². The first-order valence-electron chi connectivity index (χ1n) is 3.82. The quantitative estimate of drug-likeness (QED) is 0.734. The fourth-order valence-corrected chi connectivity index (χ4v) is 2.96. The standard InChI is InChI=1S/C10H4N2S2/c11-4-7-6-14-10(8(7)5-12)9-2-1-3-13-9/h1-3,6H. The molecular weight excluding hydrogens is 212 g/mol. The van der Waals surface area contributed by atoms with Crippen LogP contribution in [-0.4, -0.2) is 0 Å². The molecule has 2 heterocycles.